The molecule has 0 saturated carbocycles. The first-order chi connectivity index (χ1) is 23.2. The Morgan fingerprint density at radius 1 is 0.277 bits per heavy atom. The second-order valence-electron chi connectivity index (χ2n) is 11.4. The quantitative estimate of drug-likeness (QED) is 0.166. The molecular formula is C43H28N3Se. The average Bonchev–Trinajstić information content (AvgIpc) is 3.15. The third kappa shape index (κ3) is 5.66. The molecule has 0 atom stereocenters. The fourth-order valence-electron chi connectivity index (χ4n) is 6.11. The van der Waals surface area contributed by atoms with E-state index in [4.69, 9.17) is 15.0 Å². The molecule has 3 nitrogen and oxygen atoms in total. The van der Waals surface area contributed by atoms with Gasteiger partial charge in [-0.25, -0.2) is 0 Å². The zero-order valence-electron chi connectivity index (χ0n) is 25.4. The first-order valence-corrected chi connectivity index (χ1v) is 16.4. The summed E-state index contributed by atoms with van der Waals surface area (Å²) in [6.45, 7) is 0. The molecule has 4 heteroatoms. The molecule has 8 aromatic rings. The molecule has 0 N–H and O–H groups in total. The van der Waals surface area contributed by atoms with Gasteiger partial charge in [0.15, 0.2) is 0 Å². The van der Waals surface area contributed by atoms with E-state index < -0.39 is 0 Å². The van der Waals surface area contributed by atoms with Crippen molar-refractivity contribution in [3.8, 4) is 67.5 Å². The van der Waals surface area contributed by atoms with Gasteiger partial charge in [0.1, 0.15) is 0 Å². The zero-order chi connectivity index (χ0) is 31.6. The SMILES string of the molecule is [Se]c1c(-c2ccccc2)cccc1-c1ccc(-c2nc(-c3ccccc3)nc(-c3ccc(-c4ccccc4)cc3)n2)c2ccccc12. The van der Waals surface area contributed by atoms with E-state index in [1.807, 2.05) is 42.5 Å². The van der Waals surface area contributed by atoms with Crippen molar-refractivity contribution < 1.29 is 0 Å². The molecule has 47 heavy (non-hydrogen) atoms. The molecule has 1 aromatic heterocycles. The van der Waals surface area contributed by atoms with Crippen molar-refractivity contribution in [1.29, 1.82) is 0 Å². The molecule has 1 radical (unpaired) electrons. The Morgan fingerprint density at radius 2 is 0.702 bits per heavy atom. The molecule has 0 amide bonds. The minimum atomic E-state index is 0.641. The molecule has 0 aliphatic heterocycles. The van der Waals surface area contributed by atoms with Crippen molar-refractivity contribution in [3.63, 3.8) is 0 Å². The Kier molecular flexibility index (Phi) is 7.72. The third-order valence-corrected chi connectivity index (χ3v) is 9.40. The van der Waals surface area contributed by atoms with Crippen LogP contribution < -0.4 is 4.46 Å². The van der Waals surface area contributed by atoms with Crippen molar-refractivity contribution in [2.45, 2.75) is 0 Å². The topological polar surface area (TPSA) is 38.7 Å². The van der Waals surface area contributed by atoms with Crippen LogP contribution in [0.1, 0.15) is 0 Å². The predicted octanol–water partition coefficient (Wildman–Crippen LogP) is 9.82. The fourth-order valence-corrected chi connectivity index (χ4v) is 6.87. The van der Waals surface area contributed by atoms with Crippen LogP contribution in [-0.2, 0) is 0 Å². The molecule has 0 spiro atoms. The summed E-state index contributed by atoms with van der Waals surface area (Å²) in [5, 5.41) is 2.23. The van der Waals surface area contributed by atoms with Crippen LogP contribution in [0.15, 0.2) is 170 Å². The van der Waals surface area contributed by atoms with Gasteiger partial charge in [0, 0.05) is 0 Å². The van der Waals surface area contributed by atoms with Crippen LogP contribution in [0, 0.1) is 0 Å². The molecule has 0 unspecified atom stereocenters. The Morgan fingerprint density at radius 3 is 1.34 bits per heavy atom. The van der Waals surface area contributed by atoms with E-state index in [9.17, 15) is 0 Å². The van der Waals surface area contributed by atoms with Gasteiger partial charge in [-0.3, -0.25) is 0 Å². The molecule has 0 saturated heterocycles. The molecule has 221 valence electrons. The van der Waals surface area contributed by atoms with Crippen LogP contribution in [0.25, 0.3) is 78.3 Å². The molecule has 0 aliphatic carbocycles. The number of hydrogen-bond acceptors (Lipinski definition) is 3. The van der Waals surface area contributed by atoms with Crippen LogP contribution in [-0.4, -0.2) is 31.0 Å². The van der Waals surface area contributed by atoms with E-state index in [1.165, 1.54) is 16.7 Å². The summed E-state index contributed by atoms with van der Waals surface area (Å²) in [6.07, 6.45) is 0. The van der Waals surface area contributed by atoms with Crippen LogP contribution >= 0.6 is 0 Å². The van der Waals surface area contributed by atoms with E-state index in [2.05, 4.69) is 143 Å². The maximum absolute atomic E-state index is 5.10. The van der Waals surface area contributed by atoms with Crippen LogP contribution in [0.2, 0.25) is 0 Å². The van der Waals surface area contributed by atoms with E-state index >= 15 is 0 Å². The Balaban J connectivity index is 1.28. The number of hydrogen-bond donors (Lipinski definition) is 0. The van der Waals surface area contributed by atoms with Crippen LogP contribution in [0.4, 0.5) is 0 Å². The van der Waals surface area contributed by atoms with Gasteiger partial charge in [-0.1, -0.05) is 36.4 Å². The first kappa shape index (κ1) is 28.8. The summed E-state index contributed by atoms with van der Waals surface area (Å²) in [6, 6.07) is 58.8. The fraction of sp³-hybridized carbons (Fsp3) is 0. The Bertz CT molecular complexity index is 2340. The van der Waals surface area contributed by atoms with E-state index in [0.29, 0.717) is 17.5 Å². The summed E-state index contributed by atoms with van der Waals surface area (Å²) in [5.74, 6) is 1.93. The number of fused-ring (bicyclic) bond motifs is 1. The van der Waals surface area contributed by atoms with Gasteiger partial charge in [-0.2, -0.15) is 0 Å². The first-order valence-electron chi connectivity index (χ1n) is 15.6. The maximum atomic E-state index is 5.10. The number of rotatable bonds is 6. The summed E-state index contributed by atoms with van der Waals surface area (Å²) in [5.41, 5.74) is 9.87. The molecule has 0 fully saturated rings. The molecule has 8 rings (SSSR count). The Labute approximate surface area is 282 Å². The monoisotopic (exact) mass is 666 g/mol. The van der Waals surface area contributed by atoms with Gasteiger partial charge >= 0.3 is 236 Å². The Hall–Kier alpha value is -5.67. The molecule has 0 aliphatic rings. The van der Waals surface area contributed by atoms with Gasteiger partial charge in [-0.05, 0) is 11.1 Å². The molecular weight excluding hydrogens is 637 g/mol. The van der Waals surface area contributed by atoms with E-state index in [1.54, 1.807) is 0 Å². The second-order valence-corrected chi connectivity index (χ2v) is 12.2. The zero-order valence-corrected chi connectivity index (χ0v) is 27.1. The third-order valence-electron chi connectivity index (χ3n) is 8.47. The van der Waals surface area contributed by atoms with E-state index in [0.717, 1.165) is 48.6 Å². The summed E-state index contributed by atoms with van der Waals surface area (Å²) in [7, 11) is 0. The van der Waals surface area contributed by atoms with Crippen molar-refractivity contribution in [3.05, 3.63) is 170 Å². The van der Waals surface area contributed by atoms with Gasteiger partial charge in [-0.15, -0.1) is 0 Å². The minimum absolute atomic E-state index is 0.641. The summed E-state index contributed by atoms with van der Waals surface area (Å²) in [4.78, 5) is 15.1. The summed E-state index contributed by atoms with van der Waals surface area (Å²) < 4.78 is 1.13. The van der Waals surface area contributed by atoms with E-state index in [-0.39, 0.29) is 0 Å². The van der Waals surface area contributed by atoms with Crippen molar-refractivity contribution in [2.24, 2.45) is 0 Å². The normalized spacial score (nSPS) is 11.1. The van der Waals surface area contributed by atoms with Crippen LogP contribution in [0.3, 0.4) is 0 Å². The molecule has 0 bridgehead atoms. The second kappa shape index (κ2) is 12.6. The van der Waals surface area contributed by atoms with Gasteiger partial charge in [0.25, 0.3) is 0 Å². The predicted molar refractivity (Wildman–Crippen MR) is 195 cm³/mol. The average molecular weight is 666 g/mol. The number of aromatic nitrogens is 3. The van der Waals surface area contributed by atoms with Gasteiger partial charge in [0.05, 0.1) is 0 Å². The number of nitrogens with zero attached hydrogens (tertiary/aromatic N) is 3. The van der Waals surface area contributed by atoms with Crippen molar-refractivity contribution >= 4 is 31.2 Å². The number of benzene rings is 7. The van der Waals surface area contributed by atoms with Crippen LogP contribution in [0.5, 0.6) is 0 Å². The van der Waals surface area contributed by atoms with Crippen molar-refractivity contribution in [1.82, 2.24) is 15.0 Å². The summed E-state index contributed by atoms with van der Waals surface area (Å²) >= 11 is 3.38. The van der Waals surface area contributed by atoms with Gasteiger partial charge < -0.3 is 0 Å². The standard InChI is InChI=1S/C43H28N3Se/c47-40-34(31-15-6-2-7-16-31)21-12-22-38(40)37-27-28-39(36-20-11-10-19-35(36)37)43-45-41(32-17-8-3-9-18-32)44-42(46-43)33-25-23-30(24-26-33)29-13-4-1-5-14-29/h1-28H. The van der Waals surface area contributed by atoms with Gasteiger partial charge in [0.2, 0.25) is 0 Å². The molecule has 7 aromatic carbocycles. The molecule has 1 heterocycles. The van der Waals surface area contributed by atoms with Crippen molar-refractivity contribution in [2.75, 3.05) is 0 Å².